The predicted octanol–water partition coefficient (Wildman–Crippen LogP) is 1.43. The highest BCUT2D eigenvalue weighted by molar-refractivity contribution is 5.74. The van der Waals surface area contributed by atoms with Gasteiger partial charge in [-0.2, -0.15) is 0 Å². The molecule has 6 nitrogen and oxygen atoms in total. The first-order valence-corrected chi connectivity index (χ1v) is 5.59. The smallest absolute Gasteiger partial charge is 0.407 e. The molecule has 0 radical (unpaired) electrons. The third-order valence-electron chi connectivity index (χ3n) is 2.06. The molecule has 2 N–H and O–H groups in total. The van der Waals surface area contributed by atoms with Crippen LogP contribution in [0.25, 0.3) is 0 Å². The summed E-state index contributed by atoms with van der Waals surface area (Å²) in [5, 5.41) is 11.3. The lowest BCUT2D eigenvalue weighted by molar-refractivity contribution is -0.144. The highest BCUT2D eigenvalue weighted by atomic mass is 16.5. The molecule has 19 heavy (non-hydrogen) atoms. The summed E-state index contributed by atoms with van der Waals surface area (Å²) < 4.78 is 9.90. The molecule has 0 fully saturated rings. The number of rotatable bonds is 7. The van der Waals surface area contributed by atoms with Gasteiger partial charge in [-0.25, -0.2) is 9.59 Å². The van der Waals surface area contributed by atoms with E-state index in [0.717, 1.165) is 0 Å². The number of ether oxygens (including phenoxy) is 2. The summed E-state index contributed by atoms with van der Waals surface area (Å²) in [6, 6.07) is 8.49. The second-order valence-corrected chi connectivity index (χ2v) is 3.53. The molecule has 0 saturated carbocycles. The van der Waals surface area contributed by atoms with Gasteiger partial charge in [-0.3, -0.25) is 0 Å². The lowest BCUT2D eigenvalue weighted by Crippen LogP contribution is -2.40. The maximum absolute atomic E-state index is 11.2. The quantitative estimate of drug-likeness (QED) is 0.728. The number of nitrogens with one attached hydrogen (secondary N) is 1. The van der Waals surface area contributed by atoms with Crippen LogP contribution in [0.2, 0.25) is 0 Å². The minimum atomic E-state index is -1.18. The van der Waals surface area contributed by atoms with Gasteiger partial charge in [0.15, 0.2) is 0 Å². The minimum Gasteiger partial charge on any atom is -0.478 e. The van der Waals surface area contributed by atoms with Gasteiger partial charge in [0.25, 0.3) is 0 Å². The van der Waals surface area contributed by atoms with Gasteiger partial charge in [0, 0.05) is 0 Å². The fourth-order valence-corrected chi connectivity index (χ4v) is 1.20. The first kappa shape index (κ1) is 14.6. The Morgan fingerprint density at radius 1 is 1.37 bits per heavy atom. The predicted molar refractivity (Wildman–Crippen MR) is 68.0 cm³/mol. The van der Waals surface area contributed by atoms with Crippen LogP contribution in [0.3, 0.4) is 0 Å². The number of hydrogen-bond acceptors (Lipinski definition) is 4. The minimum absolute atomic E-state index is 0.0586. The molecular formula is C13H15NO5. The van der Waals surface area contributed by atoms with Crippen molar-refractivity contribution in [3.63, 3.8) is 0 Å². The normalized spacial score (nSPS) is 11.2. The molecule has 0 aliphatic rings. The Morgan fingerprint density at radius 3 is 2.63 bits per heavy atom. The van der Waals surface area contributed by atoms with Gasteiger partial charge in [0.1, 0.15) is 12.4 Å². The number of benzene rings is 1. The van der Waals surface area contributed by atoms with E-state index in [2.05, 4.69) is 16.6 Å². The second-order valence-electron chi connectivity index (χ2n) is 3.53. The van der Waals surface area contributed by atoms with E-state index < -0.39 is 18.2 Å². The fourth-order valence-electron chi connectivity index (χ4n) is 1.20. The van der Waals surface area contributed by atoms with Crippen molar-refractivity contribution in [3.8, 4) is 5.75 Å². The number of carboxylic acids is 1. The number of carbonyl (C=O) groups is 2. The Bertz CT molecular complexity index is 432. The molecule has 6 heteroatoms. The number of para-hydroxylation sites is 1. The highest BCUT2D eigenvalue weighted by Crippen LogP contribution is 2.10. The van der Waals surface area contributed by atoms with Gasteiger partial charge >= 0.3 is 12.1 Å². The van der Waals surface area contributed by atoms with Gasteiger partial charge in [-0.1, -0.05) is 30.9 Å². The van der Waals surface area contributed by atoms with E-state index in [1.165, 1.54) is 6.08 Å². The van der Waals surface area contributed by atoms with Gasteiger partial charge in [0.05, 0.1) is 6.54 Å². The molecule has 0 saturated heterocycles. The number of carboxylic acid groups (broad SMARTS) is 1. The first-order chi connectivity index (χ1) is 9.13. The fraction of sp³-hybridized carbons (Fsp3) is 0.231. The van der Waals surface area contributed by atoms with Crippen molar-refractivity contribution in [3.05, 3.63) is 43.0 Å². The zero-order valence-electron chi connectivity index (χ0n) is 10.2. The average Bonchev–Trinajstić information content (AvgIpc) is 2.41. The maximum atomic E-state index is 11.2. The van der Waals surface area contributed by atoms with Crippen molar-refractivity contribution < 1.29 is 24.2 Å². The number of amides is 1. The van der Waals surface area contributed by atoms with Crippen LogP contribution in [-0.2, 0) is 9.53 Å². The van der Waals surface area contributed by atoms with E-state index in [-0.39, 0.29) is 13.2 Å². The lowest BCUT2D eigenvalue weighted by atomic mass is 10.3. The number of carbonyl (C=O) groups excluding carboxylic acids is 1. The molecule has 0 bridgehead atoms. The Balaban J connectivity index is 2.47. The van der Waals surface area contributed by atoms with Crippen molar-refractivity contribution in [2.45, 2.75) is 6.10 Å². The van der Waals surface area contributed by atoms with Crippen LogP contribution in [-0.4, -0.2) is 36.4 Å². The first-order valence-electron chi connectivity index (χ1n) is 5.59. The summed E-state index contributed by atoms with van der Waals surface area (Å²) in [4.78, 5) is 22.1. The second kappa shape index (κ2) is 7.75. The molecule has 0 aliphatic carbocycles. The zero-order valence-corrected chi connectivity index (χ0v) is 10.2. The van der Waals surface area contributed by atoms with Crippen molar-refractivity contribution in [2.75, 3.05) is 13.2 Å². The molecule has 1 rings (SSSR count). The van der Waals surface area contributed by atoms with Gasteiger partial charge in [0.2, 0.25) is 6.10 Å². The average molecular weight is 265 g/mol. The van der Waals surface area contributed by atoms with E-state index >= 15 is 0 Å². The van der Waals surface area contributed by atoms with Crippen LogP contribution in [0.4, 0.5) is 4.79 Å². The molecule has 0 spiro atoms. The van der Waals surface area contributed by atoms with E-state index in [1.807, 2.05) is 0 Å². The van der Waals surface area contributed by atoms with Crippen LogP contribution in [0.1, 0.15) is 0 Å². The van der Waals surface area contributed by atoms with Crippen molar-refractivity contribution in [1.82, 2.24) is 5.32 Å². The van der Waals surface area contributed by atoms with Crippen molar-refractivity contribution in [1.29, 1.82) is 0 Å². The lowest BCUT2D eigenvalue weighted by Gasteiger charge is -2.15. The largest absolute Gasteiger partial charge is 0.478 e. The van der Waals surface area contributed by atoms with E-state index in [9.17, 15) is 9.59 Å². The molecular weight excluding hydrogens is 250 g/mol. The molecule has 0 aliphatic heterocycles. The zero-order chi connectivity index (χ0) is 14.1. The topological polar surface area (TPSA) is 84.9 Å². The molecule has 1 amide bonds. The van der Waals surface area contributed by atoms with Crippen LogP contribution in [0, 0.1) is 0 Å². The maximum Gasteiger partial charge on any atom is 0.407 e. The van der Waals surface area contributed by atoms with E-state index in [0.29, 0.717) is 5.75 Å². The summed E-state index contributed by atoms with van der Waals surface area (Å²) in [5.74, 6) is -0.760. The molecule has 1 aromatic rings. The van der Waals surface area contributed by atoms with Crippen LogP contribution >= 0.6 is 0 Å². The third kappa shape index (κ3) is 5.58. The van der Waals surface area contributed by atoms with E-state index in [1.54, 1.807) is 30.3 Å². The van der Waals surface area contributed by atoms with E-state index in [4.69, 9.17) is 9.84 Å². The summed E-state index contributed by atoms with van der Waals surface area (Å²) in [7, 11) is 0. The Morgan fingerprint density at radius 2 is 2.05 bits per heavy atom. The molecule has 1 aromatic carbocycles. The summed E-state index contributed by atoms with van der Waals surface area (Å²) in [6.45, 7) is 3.25. The van der Waals surface area contributed by atoms with Gasteiger partial charge < -0.3 is 19.9 Å². The molecule has 0 aromatic heterocycles. The van der Waals surface area contributed by atoms with Crippen LogP contribution in [0.5, 0.6) is 5.75 Å². The molecule has 0 unspecified atom stereocenters. The van der Waals surface area contributed by atoms with Gasteiger partial charge in [-0.05, 0) is 12.1 Å². The summed E-state index contributed by atoms with van der Waals surface area (Å²) >= 11 is 0. The van der Waals surface area contributed by atoms with Gasteiger partial charge in [-0.15, -0.1) is 0 Å². The Hall–Kier alpha value is -2.50. The monoisotopic (exact) mass is 265 g/mol. The highest BCUT2D eigenvalue weighted by Gasteiger charge is 2.20. The number of alkyl carbamates (subject to hydrolysis) is 1. The molecule has 0 heterocycles. The third-order valence-corrected chi connectivity index (χ3v) is 2.06. The van der Waals surface area contributed by atoms with Crippen molar-refractivity contribution >= 4 is 12.1 Å². The number of hydrogen-bond donors (Lipinski definition) is 2. The SMILES string of the molecule is C=CCOC(=O)NC[C@@H](Oc1ccccc1)C(=O)O. The van der Waals surface area contributed by atoms with Crippen molar-refractivity contribution in [2.24, 2.45) is 0 Å². The van der Waals surface area contributed by atoms with Crippen LogP contribution < -0.4 is 10.1 Å². The van der Waals surface area contributed by atoms with Crippen LogP contribution in [0.15, 0.2) is 43.0 Å². The standard InChI is InChI=1S/C13H15NO5/c1-2-8-18-13(17)14-9-11(12(15)16)19-10-6-4-3-5-7-10/h2-7,11H,1,8-9H2,(H,14,17)(H,15,16)/t11-/m1/s1. The molecule has 1 atom stereocenters. The summed E-state index contributed by atoms with van der Waals surface area (Å²) in [5.41, 5.74) is 0. The Kier molecular flexibility index (Phi) is 5.94. The molecule has 102 valence electrons. The Labute approximate surface area is 110 Å². The summed E-state index contributed by atoms with van der Waals surface area (Å²) in [6.07, 6.45) is -0.490. The number of aliphatic carboxylic acids is 1.